The van der Waals surface area contributed by atoms with Crippen molar-refractivity contribution in [1.82, 2.24) is 0 Å². The zero-order valence-corrected chi connectivity index (χ0v) is 9.72. The molecule has 84 valence electrons. The molecule has 0 radical (unpaired) electrons. The van der Waals surface area contributed by atoms with Crippen molar-refractivity contribution in [3.05, 3.63) is 29.6 Å². The Labute approximate surface area is 91.3 Å². The largest absolute Gasteiger partial charge is 0.488 e. The second kappa shape index (κ2) is 5.74. The van der Waals surface area contributed by atoms with Crippen molar-refractivity contribution < 1.29 is 9.13 Å². The average Bonchev–Trinajstić information content (AvgIpc) is 2.21. The van der Waals surface area contributed by atoms with E-state index in [0.29, 0.717) is 5.75 Å². The predicted molar refractivity (Wildman–Crippen MR) is 60.8 cm³/mol. The maximum Gasteiger partial charge on any atom is 0.165 e. The van der Waals surface area contributed by atoms with Crippen LogP contribution in [0.3, 0.4) is 0 Å². The summed E-state index contributed by atoms with van der Waals surface area (Å²) in [5, 5.41) is 0. The van der Waals surface area contributed by atoms with Crippen LogP contribution in [-0.4, -0.2) is 6.10 Å². The normalized spacial score (nSPS) is 12.5. The van der Waals surface area contributed by atoms with Crippen LogP contribution in [0.4, 0.5) is 4.39 Å². The summed E-state index contributed by atoms with van der Waals surface area (Å²) in [6, 6.07) is 5.07. The van der Waals surface area contributed by atoms with E-state index >= 15 is 0 Å². The average molecular weight is 210 g/mol. The lowest BCUT2D eigenvalue weighted by atomic mass is 10.1. The van der Waals surface area contributed by atoms with Gasteiger partial charge in [0.1, 0.15) is 0 Å². The maximum atomic E-state index is 13.4. The molecule has 15 heavy (non-hydrogen) atoms. The summed E-state index contributed by atoms with van der Waals surface area (Å²) in [5.74, 6) is 0.116. The van der Waals surface area contributed by atoms with Crippen molar-refractivity contribution in [2.45, 2.75) is 46.1 Å². The smallest absolute Gasteiger partial charge is 0.165 e. The van der Waals surface area contributed by atoms with Gasteiger partial charge >= 0.3 is 0 Å². The van der Waals surface area contributed by atoms with Crippen molar-refractivity contribution in [3.8, 4) is 5.75 Å². The van der Waals surface area contributed by atoms with Gasteiger partial charge in [0.15, 0.2) is 11.6 Å². The Hall–Kier alpha value is -1.05. The first-order valence-corrected chi connectivity index (χ1v) is 5.62. The van der Waals surface area contributed by atoms with Gasteiger partial charge in [-0.1, -0.05) is 26.3 Å². The van der Waals surface area contributed by atoms with Crippen molar-refractivity contribution in [3.63, 3.8) is 0 Å². The summed E-state index contributed by atoms with van der Waals surface area (Å²) in [5.41, 5.74) is 1.11. The van der Waals surface area contributed by atoms with Crippen LogP contribution < -0.4 is 4.74 Å². The first-order valence-electron chi connectivity index (χ1n) is 5.62. The molecule has 0 aliphatic rings. The second-order valence-electron chi connectivity index (χ2n) is 3.84. The Morgan fingerprint density at radius 1 is 1.33 bits per heavy atom. The van der Waals surface area contributed by atoms with Gasteiger partial charge < -0.3 is 4.74 Å². The quantitative estimate of drug-likeness (QED) is 0.715. The van der Waals surface area contributed by atoms with E-state index in [4.69, 9.17) is 4.74 Å². The SMILES string of the molecule is CCCC(C)Oc1cc(CC)ccc1F. The van der Waals surface area contributed by atoms with E-state index in [-0.39, 0.29) is 11.9 Å². The lowest BCUT2D eigenvalue weighted by Gasteiger charge is -2.14. The molecule has 0 heterocycles. The third-order valence-corrected chi connectivity index (χ3v) is 2.43. The van der Waals surface area contributed by atoms with Gasteiger partial charge in [-0.25, -0.2) is 4.39 Å². The van der Waals surface area contributed by atoms with Gasteiger partial charge in [-0.2, -0.15) is 0 Å². The monoisotopic (exact) mass is 210 g/mol. The zero-order chi connectivity index (χ0) is 11.3. The molecule has 0 aromatic heterocycles. The Balaban J connectivity index is 2.74. The van der Waals surface area contributed by atoms with Gasteiger partial charge in [0.2, 0.25) is 0 Å². The van der Waals surface area contributed by atoms with Gasteiger partial charge in [-0.05, 0) is 37.5 Å². The van der Waals surface area contributed by atoms with E-state index in [2.05, 4.69) is 6.92 Å². The van der Waals surface area contributed by atoms with Crippen LogP contribution in [0.25, 0.3) is 0 Å². The van der Waals surface area contributed by atoms with Gasteiger partial charge in [-0.15, -0.1) is 0 Å². The van der Waals surface area contributed by atoms with Crippen LogP contribution in [0, 0.1) is 5.82 Å². The highest BCUT2D eigenvalue weighted by atomic mass is 19.1. The summed E-state index contributed by atoms with van der Waals surface area (Å²) in [4.78, 5) is 0. The van der Waals surface area contributed by atoms with E-state index in [9.17, 15) is 4.39 Å². The highest BCUT2D eigenvalue weighted by Gasteiger charge is 2.08. The number of ether oxygens (including phenoxy) is 1. The lowest BCUT2D eigenvalue weighted by Crippen LogP contribution is -2.12. The van der Waals surface area contributed by atoms with Crippen molar-refractivity contribution in [1.29, 1.82) is 0 Å². The third-order valence-electron chi connectivity index (χ3n) is 2.43. The molecule has 1 aromatic rings. The molecule has 0 aliphatic heterocycles. The Kier molecular flexibility index (Phi) is 4.60. The molecule has 1 rings (SSSR count). The fourth-order valence-electron chi connectivity index (χ4n) is 1.54. The third kappa shape index (κ3) is 3.54. The van der Waals surface area contributed by atoms with Gasteiger partial charge in [0.25, 0.3) is 0 Å². The van der Waals surface area contributed by atoms with E-state index < -0.39 is 0 Å². The number of halogens is 1. The lowest BCUT2D eigenvalue weighted by molar-refractivity contribution is 0.200. The number of hydrogen-bond acceptors (Lipinski definition) is 1. The summed E-state index contributed by atoms with van der Waals surface area (Å²) >= 11 is 0. The Bertz CT molecular complexity index is 309. The van der Waals surface area contributed by atoms with Crippen molar-refractivity contribution in [2.75, 3.05) is 0 Å². The molecule has 0 amide bonds. The standard InChI is InChI=1S/C13H19FO/c1-4-6-10(3)15-13-9-11(5-2)7-8-12(13)14/h7-10H,4-6H2,1-3H3. The van der Waals surface area contributed by atoms with Crippen molar-refractivity contribution >= 4 is 0 Å². The summed E-state index contributed by atoms with van der Waals surface area (Å²) in [6.45, 7) is 6.12. The number of aryl methyl sites for hydroxylation is 1. The summed E-state index contributed by atoms with van der Waals surface area (Å²) in [6.07, 6.45) is 2.99. The topological polar surface area (TPSA) is 9.23 Å². The molecule has 1 atom stereocenters. The van der Waals surface area contributed by atoms with Gasteiger partial charge in [0.05, 0.1) is 6.10 Å². The molecule has 0 saturated heterocycles. The molecule has 1 unspecified atom stereocenters. The molecule has 0 bridgehead atoms. The summed E-state index contributed by atoms with van der Waals surface area (Å²) < 4.78 is 18.9. The highest BCUT2D eigenvalue weighted by Crippen LogP contribution is 2.21. The molecule has 0 spiro atoms. The first kappa shape index (κ1) is 12.0. The van der Waals surface area contributed by atoms with Crippen LogP contribution in [0.15, 0.2) is 18.2 Å². The zero-order valence-electron chi connectivity index (χ0n) is 9.72. The van der Waals surface area contributed by atoms with Crippen LogP contribution in [-0.2, 0) is 6.42 Å². The van der Waals surface area contributed by atoms with Crippen LogP contribution >= 0.6 is 0 Å². The molecule has 0 N–H and O–H groups in total. The van der Waals surface area contributed by atoms with Crippen LogP contribution in [0.5, 0.6) is 5.75 Å². The van der Waals surface area contributed by atoms with Crippen LogP contribution in [0.1, 0.15) is 39.2 Å². The van der Waals surface area contributed by atoms with E-state index in [1.807, 2.05) is 13.8 Å². The molecule has 0 saturated carbocycles. The fraction of sp³-hybridized carbons (Fsp3) is 0.538. The number of benzene rings is 1. The molecule has 1 aromatic carbocycles. The number of rotatable bonds is 5. The predicted octanol–water partition coefficient (Wildman–Crippen LogP) is 3.96. The van der Waals surface area contributed by atoms with E-state index in [0.717, 1.165) is 24.8 Å². The fourth-order valence-corrected chi connectivity index (χ4v) is 1.54. The Morgan fingerprint density at radius 3 is 2.67 bits per heavy atom. The highest BCUT2D eigenvalue weighted by molar-refractivity contribution is 5.30. The Morgan fingerprint density at radius 2 is 2.07 bits per heavy atom. The second-order valence-corrected chi connectivity index (χ2v) is 3.84. The van der Waals surface area contributed by atoms with Gasteiger partial charge in [-0.3, -0.25) is 0 Å². The van der Waals surface area contributed by atoms with E-state index in [1.54, 1.807) is 12.1 Å². The van der Waals surface area contributed by atoms with Crippen LogP contribution in [0.2, 0.25) is 0 Å². The molecule has 1 nitrogen and oxygen atoms in total. The molecule has 0 aliphatic carbocycles. The maximum absolute atomic E-state index is 13.4. The van der Waals surface area contributed by atoms with Crippen molar-refractivity contribution in [2.24, 2.45) is 0 Å². The molecular weight excluding hydrogens is 191 g/mol. The molecular formula is C13H19FO. The molecule has 0 fully saturated rings. The number of hydrogen-bond donors (Lipinski definition) is 0. The molecule has 2 heteroatoms. The van der Waals surface area contributed by atoms with Gasteiger partial charge in [0, 0.05) is 0 Å². The minimum absolute atomic E-state index is 0.0802. The minimum Gasteiger partial charge on any atom is -0.488 e. The minimum atomic E-state index is -0.268. The first-order chi connectivity index (χ1) is 7.17. The van der Waals surface area contributed by atoms with E-state index in [1.165, 1.54) is 6.07 Å². The summed E-state index contributed by atoms with van der Waals surface area (Å²) in [7, 11) is 0.